The molecule has 0 bridgehead atoms. The Hall–Kier alpha value is -3.35. The first-order chi connectivity index (χ1) is 17.5. The van der Waals surface area contributed by atoms with Crippen LogP contribution in [0.3, 0.4) is 0 Å². The molecule has 0 spiro atoms. The second-order valence-corrected chi connectivity index (χ2v) is 10.8. The van der Waals surface area contributed by atoms with Gasteiger partial charge in [-0.25, -0.2) is 9.37 Å². The Morgan fingerprint density at radius 1 is 1.22 bits per heavy atom. The van der Waals surface area contributed by atoms with E-state index >= 15 is 4.39 Å². The summed E-state index contributed by atoms with van der Waals surface area (Å²) in [6.45, 7) is 15.7. The molecular weight excluding hydrogens is 467 g/mol. The number of rotatable bonds is 11. The molecule has 6 nitrogen and oxygen atoms in total. The van der Waals surface area contributed by atoms with Gasteiger partial charge in [0.2, 0.25) is 0 Å². The van der Waals surface area contributed by atoms with Crippen LogP contribution < -0.4 is 10.6 Å². The van der Waals surface area contributed by atoms with Crippen molar-refractivity contribution in [3.05, 3.63) is 84.0 Å². The fourth-order valence-electron chi connectivity index (χ4n) is 4.57. The molecule has 1 saturated heterocycles. The first kappa shape index (κ1) is 28.2. The Kier molecular flexibility index (Phi) is 9.35. The highest BCUT2D eigenvalue weighted by atomic mass is 19.1. The number of alkyl halides is 1. The molecule has 7 heteroatoms. The maximum absolute atomic E-state index is 15.7. The summed E-state index contributed by atoms with van der Waals surface area (Å²) >= 11 is 0. The van der Waals surface area contributed by atoms with E-state index in [9.17, 15) is 4.79 Å². The van der Waals surface area contributed by atoms with Gasteiger partial charge in [-0.3, -0.25) is 4.79 Å². The van der Waals surface area contributed by atoms with Gasteiger partial charge >= 0.3 is 0 Å². The summed E-state index contributed by atoms with van der Waals surface area (Å²) < 4.78 is 21.5. The molecule has 1 unspecified atom stereocenters. The predicted octanol–water partition coefficient (Wildman–Crippen LogP) is 5.46. The van der Waals surface area contributed by atoms with Crippen LogP contribution in [0.2, 0.25) is 0 Å². The number of benzene rings is 1. The van der Waals surface area contributed by atoms with Gasteiger partial charge in [-0.05, 0) is 70.7 Å². The van der Waals surface area contributed by atoms with Gasteiger partial charge in [-0.1, -0.05) is 36.9 Å². The summed E-state index contributed by atoms with van der Waals surface area (Å²) in [5, 5.41) is 5.96. The molecule has 1 aliphatic rings. The number of likely N-dealkylation sites (tertiary alicyclic amines) is 1. The van der Waals surface area contributed by atoms with Gasteiger partial charge in [-0.2, -0.15) is 0 Å². The van der Waals surface area contributed by atoms with Gasteiger partial charge in [0.05, 0.1) is 6.54 Å². The number of carbonyl (C=O) groups excluding carboxylic acids is 1. The number of hydrogen-bond donors (Lipinski definition) is 2. The highest BCUT2D eigenvalue weighted by Gasteiger charge is 2.36. The molecule has 2 aromatic rings. The third kappa shape index (κ3) is 8.62. The molecule has 2 N–H and O–H groups in total. The van der Waals surface area contributed by atoms with E-state index < -0.39 is 5.67 Å². The third-order valence-corrected chi connectivity index (χ3v) is 6.36. The minimum absolute atomic E-state index is 0.248. The van der Waals surface area contributed by atoms with E-state index in [1.807, 2.05) is 62.1 Å². The number of amides is 1. The summed E-state index contributed by atoms with van der Waals surface area (Å²) in [6.07, 6.45) is 3.01. The van der Waals surface area contributed by atoms with E-state index in [1.165, 1.54) is 0 Å². The van der Waals surface area contributed by atoms with Crippen molar-refractivity contribution in [3.63, 3.8) is 0 Å². The Morgan fingerprint density at radius 3 is 2.62 bits per heavy atom. The molecule has 37 heavy (non-hydrogen) atoms. The Morgan fingerprint density at radius 2 is 1.95 bits per heavy atom. The predicted molar refractivity (Wildman–Crippen MR) is 148 cm³/mol. The van der Waals surface area contributed by atoms with Crippen LogP contribution >= 0.6 is 0 Å². The van der Waals surface area contributed by atoms with Gasteiger partial charge in [0.15, 0.2) is 5.88 Å². The van der Waals surface area contributed by atoms with E-state index in [0.717, 1.165) is 29.8 Å². The van der Waals surface area contributed by atoms with E-state index in [0.29, 0.717) is 56.0 Å². The van der Waals surface area contributed by atoms with Crippen molar-refractivity contribution in [2.45, 2.75) is 64.1 Å². The van der Waals surface area contributed by atoms with Crippen LogP contribution in [0.1, 0.15) is 73.8 Å². The lowest BCUT2D eigenvalue weighted by molar-refractivity contribution is -0.0323. The summed E-state index contributed by atoms with van der Waals surface area (Å²) in [6, 6.07) is 13.7. The van der Waals surface area contributed by atoms with Gasteiger partial charge in [0.1, 0.15) is 17.0 Å². The minimum Gasteiger partial charge on any atom is -0.474 e. The largest absolute Gasteiger partial charge is 0.474 e. The smallest absolute Gasteiger partial charge is 0.269 e. The van der Waals surface area contributed by atoms with Crippen LogP contribution in [0.5, 0.6) is 0 Å². The maximum Gasteiger partial charge on any atom is 0.269 e. The number of nitrogens with one attached hydrogen (secondary N) is 2. The molecule has 1 fully saturated rings. The number of carbonyl (C=O) groups is 1. The molecule has 0 aliphatic carbocycles. The Labute approximate surface area is 221 Å². The minimum atomic E-state index is -1.28. The molecule has 0 radical (unpaired) electrons. The van der Waals surface area contributed by atoms with Crippen molar-refractivity contribution in [1.29, 1.82) is 0 Å². The van der Waals surface area contributed by atoms with Crippen LogP contribution in [0.15, 0.2) is 61.5 Å². The van der Waals surface area contributed by atoms with Crippen LogP contribution in [0, 0.1) is 0 Å². The molecule has 1 aliphatic heterocycles. The molecule has 200 valence electrons. The quantitative estimate of drug-likeness (QED) is 0.312. The molecule has 0 saturated carbocycles. The molecular formula is C30H41FN4O2. The molecule has 1 aromatic carbocycles. The lowest BCUT2D eigenvalue weighted by Gasteiger charge is -2.40. The van der Waals surface area contributed by atoms with Crippen LogP contribution in [-0.2, 0) is 11.2 Å². The zero-order valence-electron chi connectivity index (χ0n) is 22.7. The second kappa shape index (κ2) is 12.3. The normalized spacial score (nSPS) is 17.7. The fourth-order valence-corrected chi connectivity index (χ4v) is 4.57. The third-order valence-electron chi connectivity index (χ3n) is 6.36. The highest BCUT2D eigenvalue weighted by Crippen LogP contribution is 2.32. The van der Waals surface area contributed by atoms with Gasteiger partial charge < -0.3 is 20.3 Å². The van der Waals surface area contributed by atoms with Crippen molar-refractivity contribution in [3.8, 4) is 0 Å². The monoisotopic (exact) mass is 508 g/mol. The van der Waals surface area contributed by atoms with E-state index in [2.05, 4.69) is 28.8 Å². The Bertz CT molecular complexity index is 1100. The number of piperidine rings is 1. The molecule has 2 heterocycles. The highest BCUT2D eigenvalue weighted by molar-refractivity contribution is 5.93. The van der Waals surface area contributed by atoms with Crippen molar-refractivity contribution in [2.75, 3.05) is 26.7 Å². The number of aromatic nitrogens is 1. The van der Waals surface area contributed by atoms with Crippen LogP contribution in [-0.4, -0.2) is 53.7 Å². The average molecular weight is 509 g/mol. The fraction of sp³-hybridized carbons (Fsp3) is 0.467. The van der Waals surface area contributed by atoms with Gasteiger partial charge in [0, 0.05) is 43.5 Å². The summed E-state index contributed by atoms with van der Waals surface area (Å²) in [5.74, 6) is 0.291. The van der Waals surface area contributed by atoms with E-state index in [1.54, 1.807) is 13.1 Å². The topological polar surface area (TPSA) is 66.5 Å². The summed E-state index contributed by atoms with van der Waals surface area (Å²) in [4.78, 5) is 18.8. The number of nitrogens with zero attached hydrogens (tertiary/aromatic N) is 2. The standard InChI is InChI=1S/C30H41FN4O2/c1-22(25-19-26(18-24-12-8-7-9-13-24)34-27(20-25)28(36)32-6)33-16-10-14-30(31)15-11-17-35(21-30)23(2)37-29(3,4)5/h7-9,12-13,19-20,33H,1-2,10-11,14-18,21H2,3-6H3,(H,32,36). The first-order valence-corrected chi connectivity index (χ1v) is 13.0. The van der Waals surface area contributed by atoms with E-state index in [4.69, 9.17) is 4.74 Å². The lowest BCUT2D eigenvalue weighted by atomic mass is 9.90. The second-order valence-electron chi connectivity index (χ2n) is 10.8. The average Bonchev–Trinajstić information content (AvgIpc) is 2.85. The SMILES string of the molecule is C=C(NCCCC1(F)CCCN(C(=C)OC(C)(C)C)C1)c1cc(Cc2ccccc2)nc(C(=O)NC)c1. The zero-order chi connectivity index (χ0) is 27.1. The van der Waals surface area contributed by atoms with Gasteiger partial charge in [-0.15, -0.1) is 0 Å². The lowest BCUT2D eigenvalue weighted by Crippen LogP contribution is -2.46. The summed E-state index contributed by atoms with van der Waals surface area (Å²) in [7, 11) is 1.59. The van der Waals surface area contributed by atoms with Crippen LogP contribution in [0.25, 0.3) is 5.70 Å². The van der Waals surface area contributed by atoms with Crippen molar-refractivity contribution < 1.29 is 13.9 Å². The number of pyridine rings is 1. The number of halogens is 1. The molecule has 1 atom stereocenters. The Balaban J connectivity index is 1.58. The molecule has 1 amide bonds. The number of hydrogen-bond acceptors (Lipinski definition) is 5. The van der Waals surface area contributed by atoms with Crippen molar-refractivity contribution >= 4 is 11.6 Å². The van der Waals surface area contributed by atoms with Crippen molar-refractivity contribution in [2.24, 2.45) is 0 Å². The molecule has 1 aromatic heterocycles. The van der Waals surface area contributed by atoms with Crippen LogP contribution in [0.4, 0.5) is 4.39 Å². The maximum atomic E-state index is 15.7. The van der Waals surface area contributed by atoms with E-state index in [-0.39, 0.29) is 11.5 Å². The van der Waals surface area contributed by atoms with Crippen molar-refractivity contribution in [1.82, 2.24) is 20.5 Å². The first-order valence-electron chi connectivity index (χ1n) is 13.0. The number of ether oxygens (including phenoxy) is 1. The zero-order valence-corrected chi connectivity index (χ0v) is 22.7. The summed E-state index contributed by atoms with van der Waals surface area (Å²) in [5.41, 5.74) is 2.09. The molecule has 3 rings (SSSR count). The van der Waals surface area contributed by atoms with Gasteiger partial charge in [0.25, 0.3) is 5.91 Å².